The molecule has 27 heavy (non-hydrogen) atoms. The summed E-state index contributed by atoms with van der Waals surface area (Å²) >= 11 is 5.80. The summed E-state index contributed by atoms with van der Waals surface area (Å²) in [4.78, 5) is 23.5. The molecule has 7 nitrogen and oxygen atoms in total. The lowest BCUT2D eigenvalue weighted by Gasteiger charge is -2.09. The zero-order valence-electron chi connectivity index (χ0n) is 14.7. The predicted octanol–water partition coefficient (Wildman–Crippen LogP) is 2.40. The van der Waals surface area contributed by atoms with Crippen LogP contribution in [-0.4, -0.2) is 33.3 Å². The third-order valence-electron chi connectivity index (χ3n) is 3.56. The second-order valence-electron chi connectivity index (χ2n) is 5.59. The molecule has 0 atom stereocenters. The van der Waals surface area contributed by atoms with E-state index < -0.39 is 10.0 Å². The Bertz CT molecular complexity index is 914. The van der Waals surface area contributed by atoms with E-state index in [4.69, 9.17) is 11.6 Å². The van der Waals surface area contributed by atoms with Crippen molar-refractivity contribution in [2.24, 2.45) is 0 Å². The van der Waals surface area contributed by atoms with Crippen molar-refractivity contribution in [2.45, 2.75) is 18.2 Å². The maximum absolute atomic E-state index is 12.1. The van der Waals surface area contributed by atoms with E-state index in [9.17, 15) is 18.0 Å². The fourth-order valence-electron chi connectivity index (χ4n) is 2.14. The number of amides is 2. The number of nitrogens with one attached hydrogen (secondary N) is 3. The van der Waals surface area contributed by atoms with Gasteiger partial charge < -0.3 is 10.6 Å². The smallest absolute Gasteiger partial charge is 0.251 e. The summed E-state index contributed by atoms with van der Waals surface area (Å²) in [6.45, 7) is 1.90. The van der Waals surface area contributed by atoms with E-state index in [1.165, 1.54) is 12.1 Å². The molecule has 2 amide bonds. The first-order chi connectivity index (χ1) is 12.8. The van der Waals surface area contributed by atoms with Crippen molar-refractivity contribution in [1.29, 1.82) is 0 Å². The van der Waals surface area contributed by atoms with Crippen molar-refractivity contribution < 1.29 is 18.0 Å². The van der Waals surface area contributed by atoms with E-state index >= 15 is 0 Å². The predicted molar refractivity (Wildman–Crippen MR) is 104 cm³/mol. The van der Waals surface area contributed by atoms with Gasteiger partial charge in [-0.25, -0.2) is 13.1 Å². The topological polar surface area (TPSA) is 104 Å². The monoisotopic (exact) mass is 409 g/mol. The van der Waals surface area contributed by atoms with E-state index in [1.54, 1.807) is 43.3 Å². The quantitative estimate of drug-likeness (QED) is 0.582. The first-order valence-electron chi connectivity index (χ1n) is 8.25. The van der Waals surface area contributed by atoms with Gasteiger partial charge in [0.1, 0.15) is 0 Å². The molecule has 2 aromatic carbocycles. The second-order valence-corrected chi connectivity index (χ2v) is 7.79. The van der Waals surface area contributed by atoms with Gasteiger partial charge in [0.05, 0.1) is 4.90 Å². The molecule has 144 valence electrons. The van der Waals surface area contributed by atoms with Gasteiger partial charge in [0, 0.05) is 35.8 Å². The van der Waals surface area contributed by atoms with Crippen LogP contribution < -0.4 is 15.4 Å². The van der Waals surface area contributed by atoms with Gasteiger partial charge in [-0.1, -0.05) is 24.6 Å². The highest BCUT2D eigenvalue weighted by Crippen LogP contribution is 2.15. The first-order valence-corrected chi connectivity index (χ1v) is 10.1. The fraction of sp³-hybridized carbons (Fsp3) is 0.222. The SMILES string of the molecule is CCC(=O)Nc1ccc(C(=O)NCCNS(=O)(=O)c2cccc(Cl)c2)cc1. The van der Waals surface area contributed by atoms with Crippen molar-refractivity contribution in [2.75, 3.05) is 18.4 Å². The van der Waals surface area contributed by atoms with Gasteiger partial charge in [0.2, 0.25) is 15.9 Å². The van der Waals surface area contributed by atoms with Crippen LogP contribution in [0.3, 0.4) is 0 Å². The van der Waals surface area contributed by atoms with E-state index in [2.05, 4.69) is 15.4 Å². The third-order valence-corrected chi connectivity index (χ3v) is 5.25. The molecule has 0 aliphatic carbocycles. The van der Waals surface area contributed by atoms with E-state index in [0.717, 1.165) is 0 Å². The Labute approximate surface area is 163 Å². The maximum atomic E-state index is 12.1. The third kappa shape index (κ3) is 6.35. The molecule has 0 heterocycles. The van der Waals surface area contributed by atoms with Gasteiger partial charge in [-0.05, 0) is 42.5 Å². The number of hydrogen-bond donors (Lipinski definition) is 3. The molecular weight excluding hydrogens is 390 g/mol. The molecule has 2 rings (SSSR count). The Morgan fingerprint density at radius 3 is 2.37 bits per heavy atom. The molecule has 0 saturated carbocycles. The van der Waals surface area contributed by atoms with Crippen LogP contribution in [0.15, 0.2) is 53.4 Å². The number of hydrogen-bond acceptors (Lipinski definition) is 4. The van der Waals surface area contributed by atoms with Crippen molar-refractivity contribution in [3.63, 3.8) is 0 Å². The van der Waals surface area contributed by atoms with Crippen LogP contribution in [-0.2, 0) is 14.8 Å². The summed E-state index contributed by atoms with van der Waals surface area (Å²) in [5.74, 6) is -0.454. The summed E-state index contributed by atoms with van der Waals surface area (Å²) in [5.41, 5.74) is 1.01. The van der Waals surface area contributed by atoms with Gasteiger partial charge in [-0.15, -0.1) is 0 Å². The molecule has 9 heteroatoms. The molecular formula is C18H20ClN3O4S. The number of benzene rings is 2. The zero-order chi connectivity index (χ0) is 19.9. The minimum atomic E-state index is -3.69. The van der Waals surface area contributed by atoms with Crippen molar-refractivity contribution in [1.82, 2.24) is 10.0 Å². The molecule has 0 bridgehead atoms. The molecule has 2 aromatic rings. The van der Waals surface area contributed by atoms with E-state index in [0.29, 0.717) is 22.7 Å². The highest BCUT2D eigenvalue weighted by molar-refractivity contribution is 7.89. The van der Waals surface area contributed by atoms with Gasteiger partial charge in [0.25, 0.3) is 5.91 Å². The number of anilines is 1. The van der Waals surface area contributed by atoms with Crippen molar-refractivity contribution in [3.8, 4) is 0 Å². The summed E-state index contributed by atoms with van der Waals surface area (Å²) in [6.07, 6.45) is 0.368. The van der Waals surface area contributed by atoms with Crippen LogP contribution in [0.5, 0.6) is 0 Å². The molecule has 0 unspecified atom stereocenters. The van der Waals surface area contributed by atoms with Gasteiger partial charge in [-0.2, -0.15) is 0 Å². The first kappa shape index (κ1) is 20.9. The Morgan fingerprint density at radius 2 is 1.74 bits per heavy atom. The van der Waals surface area contributed by atoms with E-state index in [1.807, 2.05) is 0 Å². The van der Waals surface area contributed by atoms with Crippen molar-refractivity contribution in [3.05, 3.63) is 59.1 Å². The molecule has 0 saturated heterocycles. The summed E-state index contributed by atoms with van der Waals surface area (Å²) in [7, 11) is -3.69. The summed E-state index contributed by atoms with van der Waals surface area (Å²) in [6, 6.07) is 12.3. The Hall–Kier alpha value is -2.42. The molecule has 0 radical (unpaired) electrons. The lowest BCUT2D eigenvalue weighted by molar-refractivity contribution is -0.115. The number of rotatable bonds is 8. The zero-order valence-corrected chi connectivity index (χ0v) is 16.2. The molecule has 0 aliphatic rings. The van der Waals surface area contributed by atoms with E-state index in [-0.39, 0.29) is 29.8 Å². The van der Waals surface area contributed by atoms with Crippen LogP contribution in [0.25, 0.3) is 0 Å². The molecule has 0 aliphatic heterocycles. The number of carbonyl (C=O) groups excluding carboxylic acids is 2. The Kier molecular flexibility index (Phi) is 7.35. The van der Waals surface area contributed by atoms with Crippen LogP contribution >= 0.6 is 11.6 Å². The lowest BCUT2D eigenvalue weighted by Crippen LogP contribution is -2.34. The van der Waals surface area contributed by atoms with Crippen molar-refractivity contribution >= 4 is 39.1 Å². The number of sulfonamides is 1. The lowest BCUT2D eigenvalue weighted by atomic mass is 10.2. The van der Waals surface area contributed by atoms with Gasteiger partial charge in [-0.3, -0.25) is 9.59 Å². The second kappa shape index (κ2) is 9.50. The Balaban J connectivity index is 1.83. The van der Waals surface area contributed by atoms with Gasteiger partial charge in [0.15, 0.2) is 0 Å². The highest BCUT2D eigenvalue weighted by Gasteiger charge is 2.14. The maximum Gasteiger partial charge on any atom is 0.251 e. The largest absolute Gasteiger partial charge is 0.351 e. The van der Waals surface area contributed by atoms with Crippen LogP contribution in [0, 0.1) is 0 Å². The molecule has 3 N–H and O–H groups in total. The average Bonchev–Trinajstić information content (AvgIpc) is 2.65. The van der Waals surface area contributed by atoms with Gasteiger partial charge >= 0.3 is 0 Å². The highest BCUT2D eigenvalue weighted by atomic mass is 35.5. The van der Waals surface area contributed by atoms with Crippen LogP contribution in [0.2, 0.25) is 5.02 Å². The number of carbonyl (C=O) groups is 2. The minimum Gasteiger partial charge on any atom is -0.351 e. The average molecular weight is 410 g/mol. The summed E-state index contributed by atoms with van der Waals surface area (Å²) in [5, 5.41) is 5.64. The molecule has 0 spiro atoms. The minimum absolute atomic E-state index is 0.0330. The number of halogens is 1. The fourth-order valence-corrected chi connectivity index (χ4v) is 3.47. The standard InChI is InChI=1S/C18H20ClN3O4S/c1-2-17(23)22-15-8-6-13(7-9-15)18(24)20-10-11-21-27(25,26)16-5-3-4-14(19)12-16/h3-9,12,21H,2,10-11H2,1H3,(H,20,24)(H,22,23). The molecule has 0 fully saturated rings. The Morgan fingerprint density at radius 1 is 1.04 bits per heavy atom. The molecule has 0 aromatic heterocycles. The normalized spacial score (nSPS) is 11.0. The van der Waals surface area contributed by atoms with Crippen LogP contribution in [0.4, 0.5) is 5.69 Å². The van der Waals surface area contributed by atoms with Crippen LogP contribution in [0.1, 0.15) is 23.7 Å². The summed E-state index contributed by atoms with van der Waals surface area (Å²) < 4.78 is 26.7.